The van der Waals surface area contributed by atoms with Crippen LogP contribution < -0.4 is 5.56 Å². The minimum absolute atomic E-state index is 0.0521. The number of benzene rings is 2. The Morgan fingerprint density at radius 1 is 1.17 bits per heavy atom. The van der Waals surface area contributed by atoms with Crippen molar-refractivity contribution in [3.63, 3.8) is 0 Å². The zero-order valence-corrected chi connectivity index (χ0v) is 17.3. The molecule has 1 N–H and O–H groups in total. The van der Waals surface area contributed by atoms with Gasteiger partial charge in [-0.1, -0.05) is 34.1 Å². The summed E-state index contributed by atoms with van der Waals surface area (Å²) in [4.78, 5) is 37.2. The molecule has 0 saturated heterocycles. The van der Waals surface area contributed by atoms with E-state index in [0.29, 0.717) is 16.5 Å². The smallest absolute Gasteiger partial charge is 0.374 e. The third kappa shape index (κ3) is 3.37. The maximum atomic E-state index is 13.0. The SMILES string of the molecule is CCOC(=O)c1oc2ccc(Br)cc2c1Cn1nc(C(=O)O)c2ccccc2c1=O. The van der Waals surface area contributed by atoms with Crippen molar-refractivity contribution in [1.29, 1.82) is 0 Å². The van der Waals surface area contributed by atoms with Gasteiger partial charge in [-0.3, -0.25) is 4.79 Å². The standard InChI is InChI=1S/C21H15BrN2O6/c1-2-29-21(28)18-15(14-9-11(22)7-8-16(14)30-18)10-24-19(25)13-6-4-3-5-12(13)17(23-24)20(26)27/h3-9H,2,10H2,1H3,(H,26,27). The topological polar surface area (TPSA) is 112 Å². The maximum Gasteiger partial charge on any atom is 0.374 e. The Bertz CT molecular complexity index is 1370. The van der Waals surface area contributed by atoms with Crippen LogP contribution in [0.25, 0.3) is 21.7 Å². The van der Waals surface area contributed by atoms with Crippen molar-refractivity contribution in [3.8, 4) is 0 Å². The summed E-state index contributed by atoms with van der Waals surface area (Å²) >= 11 is 3.39. The maximum absolute atomic E-state index is 13.0. The molecule has 0 aliphatic carbocycles. The van der Waals surface area contributed by atoms with Crippen LogP contribution in [0, 0.1) is 0 Å². The highest BCUT2D eigenvalue weighted by atomic mass is 79.9. The van der Waals surface area contributed by atoms with Crippen molar-refractivity contribution in [2.75, 3.05) is 6.61 Å². The summed E-state index contributed by atoms with van der Waals surface area (Å²) in [6.45, 7) is 1.66. The first kappa shape index (κ1) is 19.8. The summed E-state index contributed by atoms with van der Waals surface area (Å²) in [7, 11) is 0. The number of aromatic nitrogens is 2. The van der Waals surface area contributed by atoms with Crippen molar-refractivity contribution < 1.29 is 23.8 Å². The lowest BCUT2D eigenvalue weighted by molar-refractivity contribution is 0.0490. The molecular weight excluding hydrogens is 456 g/mol. The predicted molar refractivity (Wildman–Crippen MR) is 112 cm³/mol. The van der Waals surface area contributed by atoms with Gasteiger partial charge in [0, 0.05) is 20.8 Å². The number of halogens is 1. The summed E-state index contributed by atoms with van der Waals surface area (Å²) in [6.07, 6.45) is 0. The normalized spacial score (nSPS) is 11.1. The number of carboxylic acid groups (broad SMARTS) is 1. The molecule has 0 bridgehead atoms. The summed E-state index contributed by atoms with van der Waals surface area (Å²) in [6, 6.07) is 11.6. The van der Waals surface area contributed by atoms with Crippen LogP contribution in [-0.4, -0.2) is 33.4 Å². The van der Waals surface area contributed by atoms with Gasteiger partial charge >= 0.3 is 11.9 Å². The van der Waals surface area contributed by atoms with E-state index in [1.54, 1.807) is 43.3 Å². The molecule has 152 valence electrons. The first-order valence-electron chi connectivity index (χ1n) is 9.02. The van der Waals surface area contributed by atoms with E-state index in [0.717, 1.165) is 9.15 Å². The van der Waals surface area contributed by atoms with E-state index >= 15 is 0 Å². The molecule has 4 rings (SSSR count). The van der Waals surface area contributed by atoms with Gasteiger partial charge in [-0.2, -0.15) is 5.10 Å². The van der Waals surface area contributed by atoms with Crippen molar-refractivity contribution in [1.82, 2.24) is 9.78 Å². The quantitative estimate of drug-likeness (QED) is 0.441. The highest BCUT2D eigenvalue weighted by Gasteiger charge is 2.24. The molecule has 0 fully saturated rings. The second-order valence-corrected chi connectivity index (χ2v) is 7.35. The van der Waals surface area contributed by atoms with Gasteiger partial charge in [0.2, 0.25) is 5.76 Å². The third-order valence-corrected chi connectivity index (χ3v) is 5.09. The van der Waals surface area contributed by atoms with Crippen LogP contribution in [0.3, 0.4) is 0 Å². The minimum atomic E-state index is -1.26. The summed E-state index contributed by atoms with van der Waals surface area (Å²) in [5.41, 5.74) is 0.0844. The van der Waals surface area contributed by atoms with E-state index in [9.17, 15) is 19.5 Å². The molecule has 4 aromatic rings. The molecule has 9 heteroatoms. The molecule has 30 heavy (non-hydrogen) atoms. The number of hydrogen-bond donors (Lipinski definition) is 1. The van der Waals surface area contributed by atoms with Crippen molar-refractivity contribution >= 4 is 49.6 Å². The highest BCUT2D eigenvalue weighted by molar-refractivity contribution is 9.10. The summed E-state index contributed by atoms with van der Waals surface area (Å²) in [5.74, 6) is -1.99. The average Bonchev–Trinajstić information content (AvgIpc) is 3.07. The van der Waals surface area contributed by atoms with E-state index in [2.05, 4.69) is 21.0 Å². The number of nitrogens with zero attached hydrogens (tertiary/aromatic N) is 2. The van der Waals surface area contributed by atoms with Gasteiger partial charge < -0.3 is 14.3 Å². The number of furan rings is 1. The zero-order chi connectivity index (χ0) is 21.4. The number of ether oxygens (including phenoxy) is 1. The lowest BCUT2D eigenvalue weighted by Gasteiger charge is -2.09. The molecule has 0 aliphatic rings. The van der Waals surface area contributed by atoms with Gasteiger partial charge in [-0.15, -0.1) is 0 Å². The van der Waals surface area contributed by atoms with Crippen molar-refractivity contribution in [3.05, 3.63) is 74.3 Å². The molecule has 0 saturated carbocycles. The van der Waals surface area contributed by atoms with Crippen LogP contribution in [0.1, 0.15) is 33.5 Å². The van der Waals surface area contributed by atoms with Gasteiger partial charge in [0.05, 0.1) is 18.5 Å². The molecule has 2 heterocycles. The van der Waals surface area contributed by atoms with Gasteiger partial charge in [-0.25, -0.2) is 14.3 Å². The van der Waals surface area contributed by atoms with Crippen molar-refractivity contribution in [2.45, 2.75) is 13.5 Å². The first-order chi connectivity index (χ1) is 14.4. The van der Waals surface area contributed by atoms with Crippen LogP contribution >= 0.6 is 15.9 Å². The number of carbonyl (C=O) groups is 2. The molecule has 8 nitrogen and oxygen atoms in total. The number of esters is 1. The van der Waals surface area contributed by atoms with Gasteiger partial charge in [0.25, 0.3) is 5.56 Å². The minimum Gasteiger partial charge on any atom is -0.476 e. The molecular formula is C21H15BrN2O6. The Labute approximate surface area is 177 Å². The Morgan fingerprint density at radius 2 is 1.90 bits per heavy atom. The Morgan fingerprint density at radius 3 is 2.60 bits per heavy atom. The highest BCUT2D eigenvalue weighted by Crippen LogP contribution is 2.30. The zero-order valence-electron chi connectivity index (χ0n) is 15.7. The molecule has 2 aromatic heterocycles. The molecule has 0 spiro atoms. The number of rotatable bonds is 5. The average molecular weight is 471 g/mol. The van der Waals surface area contributed by atoms with Crippen LogP contribution in [0.4, 0.5) is 0 Å². The second kappa shape index (κ2) is 7.75. The Hall–Kier alpha value is -3.46. The predicted octanol–water partition coefficient (Wildman–Crippen LogP) is 3.83. The molecule has 0 atom stereocenters. The second-order valence-electron chi connectivity index (χ2n) is 6.43. The number of aromatic carboxylic acids is 1. The van der Waals surface area contributed by atoms with E-state index < -0.39 is 17.5 Å². The van der Waals surface area contributed by atoms with E-state index in [4.69, 9.17) is 9.15 Å². The molecule has 0 amide bonds. The fraction of sp³-hybridized carbons (Fsp3) is 0.143. The Balaban J connectivity index is 1.96. The van der Waals surface area contributed by atoms with E-state index in [1.165, 1.54) is 6.07 Å². The fourth-order valence-electron chi connectivity index (χ4n) is 3.29. The summed E-state index contributed by atoms with van der Waals surface area (Å²) < 4.78 is 12.5. The van der Waals surface area contributed by atoms with E-state index in [1.807, 2.05) is 0 Å². The molecule has 2 aromatic carbocycles. The Kier molecular flexibility index (Phi) is 5.13. The van der Waals surface area contributed by atoms with Crippen LogP contribution in [0.5, 0.6) is 0 Å². The fourth-order valence-corrected chi connectivity index (χ4v) is 3.65. The number of hydrogen-bond acceptors (Lipinski definition) is 6. The van der Waals surface area contributed by atoms with Crippen molar-refractivity contribution in [2.24, 2.45) is 0 Å². The lowest BCUT2D eigenvalue weighted by atomic mass is 10.1. The first-order valence-corrected chi connectivity index (χ1v) is 9.81. The van der Waals surface area contributed by atoms with Gasteiger partial charge in [-0.05, 0) is 31.2 Å². The van der Waals surface area contributed by atoms with Crippen LogP contribution in [0.15, 0.2) is 56.1 Å². The lowest BCUT2D eigenvalue weighted by Crippen LogP contribution is -2.27. The van der Waals surface area contributed by atoms with Gasteiger partial charge in [0.1, 0.15) is 5.58 Å². The third-order valence-electron chi connectivity index (χ3n) is 4.59. The van der Waals surface area contributed by atoms with Gasteiger partial charge in [0.15, 0.2) is 5.69 Å². The number of fused-ring (bicyclic) bond motifs is 2. The largest absolute Gasteiger partial charge is 0.476 e. The molecule has 0 unspecified atom stereocenters. The number of carbonyl (C=O) groups excluding carboxylic acids is 1. The number of carboxylic acids is 1. The summed E-state index contributed by atoms with van der Waals surface area (Å²) in [5, 5.41) is 14.7. The monoisotopic (exact) mass is 470 g/mol. The van der Waals surface area contributed by atoms with Crippen LogP contribution in [-0.2, 0) is 11.3 Å². The van der Waals surface area contributed by atoms with E-state index in [-0.39, 0.29) is 35.4 Å². The molecule has 0 radical (unpaired) electrons. The van der Waals surface area contributed by atoms with Crippen LogP contribution in [0.2, 0.25) is 0 Å². The molecule has 0 aliphatic heterocycles.